The first-order chi connectivity index (χ1) is 9.90. The van der Waals surface area contributed by atoms with Gasteiger partial charge in [0.2, 0.25) is 0 Å². The van der Waals surface area contributed by atoms with E-state index in [4.69, 9.17) is 4.74 Å². The Morgan fingerprint density at radius 1 is 1.38 bits per heavy atom. The minimum absolute atomic E-state index is 0.0352. The quantitative estimate of drug-likeness (QED) is 0.899. The number of carbonyl (C=O) groups is 1. The van der Waals surface area contributed by atoms with Crippen LogP contribution >= 0.6 is 0 Å². The monoisotopic (exact) mass is 302 g/mol. The van der Waals surface area contributed by atoms with Gasteiger partial charge in [-0.2, -0.15) is 13.2 Å². The summed E-state index contributed by atoms with van der Waals surface area (Å²) in [6.07, 6.45) is -3.97. The van der Waals surface area contributed by atoms with Gasteiger partial charge in [-0.3, -0.25) is 4.79 Å². The average Bonchev–Trinajstić information content (AvgIpc) is 2.47. The number of piperidine rings is 1. The Kier molecular flexibility index (Phi) is 4.72. The number of halogens is 3. The van der Waals surface area contributed by atoms with Crippen molar-refractivity contribution in [2.24, 2.45) is 0 Å². The molecule has 1 amide bonds. The molecular weight excluding hydrogens is 285 g/mol. The molecule has 0 aromatic heterocycles. The van der Waals surface area contributed by atoms with Crippen LogP contribution in [0.4, 0.5) is 13.2 Å². The van der Waals surface area contributed by atoms with Gasteiger partial charge in [0.15, 0.2) is 0 Å². The fourth-order valence-corrected chi connectivity index (χ4v) is 2.29. The van der Waals surface area contributed by atoms with Gasteiger partial charge in [0.1, 0.15) is 11.8 Å². The summed E-state index contributed by atoms with van der Waals surface area (Å²) >= 11 is 0. The third-order valence-electron chi connectivity index (χ3n) is 3.48. The van der Waals surface area contributed by atoms with Crippen LogP contribution in [0.15, 0.2) is 24.3 Å². The molecule has 1 aliphatic rings. The third kappa shape index (κ3) is 4.10. The lowest BCUT2D eigenvalue weighted by Gasteiger charge is -2.31. The molecule has 1 heterocycles. The molecule has 2 unspecified atom stereocenters. The lowest BCUT2D eigenvalue weighted by molar-refractivity contribution is -0.160. The lowest BCUT2D eigenvalue weighted by atomic mass is 10.00. The molecule has 2 rings (SSSR count). The summed E-state index contributed by atoms with van der Waals surface area (Å²) in [5.74, 6) is 0.243. The van der Waals surface area contributed by atoms with Gasteiger partial charge in [-0.25, -0.2) is 0 Å². The molecule has 2 N–H and O–H groups in total. The van der Waals surface area contributed by atoms with E-state index in [2.05, 4.69) is 10.6 Å². The number of amides is 1. The fourth-order valence-electron chi connectivity index (χ4n) is 2.29. The van der Waals surface area contributed by atoms with Crippen molar-refractivity contribution in [2.45, 2.75) is 31.1 Å². The SMILES string of the molecule is COc1cccc(C(=O)NC2CCC(C(F)(F)F)NC2)c1. The summed E-state index contributed by atoms with van der Waals surface area (Å²) in [6, 6.07) is 4.83. The normalized spacial score (nSPS) is 22.7. The molecular formula is C14H17F3N2O2. The van der Waals surface area contributed by atoms with Crippen LogP contribution in [0.3, 0.4) is 0 Å². The zero-order valence-corrected chi connectivity index (χ0v) is 11.5. The molecule has 0 bridgehead atoms. The molecule has 2 atom stereocenters. The predicted octanol–water partition coefficient (Wildman–Crippen LogP) is 2.11. The number of benzene rings is 1. The van der Waals surface area contributed by atoms with E-state index < -0.39 is 12.2 Å². The average molecular weight is 302 g/mol. The smallest absolute Gasteiger partial charge is 0.403 e. The Balaban J connectivity index is 1.89. The summed E-state index contributed by atoms with van der Waals surface area (Å²) in [4.78, 5) is 12.0. The van der Waals surface area contributed by atoms with E-state index in [-0.39, 0.29) is 24.9 Å². The van der Waals surface area contributed by atoms with Crippen LogP contribution < -0.4 is 15.4 Å². The van der Waals surface area contributed by atoms with Gasteiger partial charge in [-0.15, -0.1) is 0 Å². The molecule has 0 saturated carbocycles. The molecule has 0 radical (unpaired) electrons. The Morgan fingerprint density at radius 3 is 2.71 bits per heavy atom. The number of ether oxygens (including phenoxy) is 1. The predicted molar refractivity (Wildman–Crippen MR) is 71.3 cm³/mol. The van der Waals surface area contributed by atoms with Crippen molar-refractivity contribution < 1.29 is 22.7 Å². The zero-order valence-electron chi connectivity index (χ0n) is 11.5. The Morgan fingerprint density at radius 2 is 2.14 bits per heavy atom. The number of methoxy groups -OCH3 is 1. The van der Waals surface area contributed by atoms with E-state index in [0.29, 0.717) is 17.7 Å². The van der Waals surface area contributed by atoms with Crippen LogP contribution in [-0.2, 0) is 0 Å². The van der Waals surface area contributed by atoms with Crippen molar-refractivity contribution in [2.75, 3.05) is 13.7 Å². The summed E-state index contributed by atoms with van der Waals surface area (Å²) in [5.41, 5.74) is 0.423. The standard InChI is InChI=1S/C14H17F3N2O2/c1-21-11-4-2-3-9(7-11)13(20)19-10-5-6-12(18-8-10)14(15,16)17/h2-4,7,10,12,18H,5-6,8H2,1H3,(H,19,20). The van der Waals surface area contributed by atoms with E-state index in [1.165, 1.54) is 7.11 Å². The van der Waals surface area contributed by atoms with Gasteiger partial charge in [0, 0.05) is 18.2 Å². The van der Waals surface area contributed by atoms with Crippen LogP contribution in [0.1, 0.15) is 23.2 Å². The van der Waals surface area contributed by atoms with Gasteiger partial charge in [-0.1, -0.05) is 6.07 Å². The number of alkyl halides is 3. The topological polar surface area (TPSA) is 50.4 Å². The van der Waals surface area contributed by atoms with Gasteiger partial charge in [-0.05, 0) is 31.0 Å². The second kappa shape index (κ2) is 6.34. The summed E-state index contributed by atoms with van der Waals surface area (Å²) in [7, 11) is 1.50. The number of rotatable bonds is 3. The number of hydrogen-bond acceptors (Lipinski definition) is 3. The van der Waals surface area contributed by atoms with Crippen molar-refractivity contribution in [3.05, 3.63) is 29.8 Å². The Hall–Kier alpha value is -1.76. The van der Waals surface area contributed by atoms with Gasteiger partial charge >= 0.3 is 6.18 Å². The molecule has 1 aliphatic heterocycles. The van der Waals surface area contributed by atoms with Crippen molar-refractivity contribution in [1.82, 2.24) is 10.6 Å². The molecule has 7 heteroatoms. The molecule has 4 nitrogen and oxygen atoms in total. The molecule has 116 valence electrons. The van der Waals surface area contributed by atoms with E-state index in [1.54, 1.807) is 24.3 Å². The summed E-state index contributed by atoms with van der Waals surface area (Å²) in [5, 5.41) is 5.16. The van der Waals surface area contributed by atoms with Crippen LogP contribution in [-0.4, -0.2) is 37.8 Å². The lowest BCUT2D eigenvalue weighted by Crippen LogP contribution is -2.54. The third-order valence-corrected chi connectivity index (χ3v) is 3.48. The number of carbonyl (C=O) groups excluding carboxylic acids is 1. The summed E-state index contributed by atoms with van der Waals surface area (Å²) in [6.45, 7) is 0.111. The maximum absolute atomic E-state index is 12.5. The van der Waals surface area contributed by atoms with E-state index in [9.17, 15) is 18.0 Å². The molecule has 1 fully saturated rings. The van der Waals surface area contributed by atoms with Gasteiger partial charge < -0.3 is 15.4 Å². The zero-order chi connectivity index (χ0) is 15.5. The van der Waals surface area contributed by atoms with Crippen LogP contribution in [0.5, 0.6) is 5.75 Å². The van der Waals surface area contributed by atoms with Gasteiger partial charge in [0.05, 0.1) is 7.11 Å². The number of hydrogen-bond donors (Lipinski definition) is 2. The highest BCUT2D eigenvalue weighted by Gasteiger charge is 2.41. The Bertz CT molecular complexity index is 497. The van der Waals surface area contributed by atoms with E-state index in [1.807, 2.05) is 0 Å². The minimum atomic E-state index is -4.23. The largest absolute Gasteiger partial charge is 0.497 e. The van der Waals surface area contributed by atoms with E-state index >= 15 is 0 Å². The van der Waals surface area contributed by atoms with Crippen molar-refractivity contribution in [3.8, 4) is 5.75 Å². The maximum Gasteiger partial charge on any atom is 0.403 e. The Labute approximate surface area is 120 Å². The summed E-state index contributed by atoms with van der Waals surface area (Å²) < 4.78 is 42.6. The van der Waals surface area contributed by atoms with Crippen molar-refractivity contribution in [3.63, 3.8) is 0 Å². The molecule has 0 spiro atoms. The molecule has 1 aromatic rings. The fraction of sp³-hybridized carbons (Fsp3) is 0.500. The highest BCUT2D eigenvalue weighted by molar-refractivity contribution is 5.94. The molecule has 21 heavy (non-hydrogen) atoms. The highest BCUT2D eigenvalue weighted by Crippen LogP contribution is 2.26. The first-order valence-corrected chi connectivity index (χ1v) is 6.65. The van der Waals surface area contributed by atoms with Crippen LogP contribution in [0.2, 0.25) is 0 Å². The van der Waals surface area contributed by atoms with Gasteiger partial charge in [0.25, 0.3) is 5.91 Å². The molecule has 1 saturated heterocycles. The second-order valence-electron chi connectivity index (χ2n) is 4.98. The van der Waals surface area contributed by atoms with Crippen molar-refractivity contribution >= 4 is 5.91 Å². The maximum atomic E-state index is 12.5. The number of nitrogens with one attached hydrogen (secondary N) is 2. The first-order valence-electron chi connectivity index (χ1n) is 6.65. The second-order valence-corrected chi connectivity index (χ2v) is 4.98. The van der Waals surface area contributed by atoms with E-state index in [0.717, 1.165) is 0 Å². The van der Waals surface area contributed by atoms with Crippen LogP contribution in [0.25, 0.3) is 0 Å². The minimum Gasteiger partial charge on any atom is -0.497 e. The van der Waals surface area contributed by atoms with Crippen molar-refractivity contribution in [1.29, 1.82) is 0 Å². The van der Waals surface area contributed by atoms with Crippen LogP contribution in [0, 0.1) is 0 Å². The highest BCUT2D eigenvalue weighted by atomic mass is 19.4. The molecule has 0 aliphatic carbocycles. The first kappa shape index (κ1) is 15.6. The molecule has 1 aromatic carbocycles.